The minimum atomic E-state index is -0.896. The van der Waals surface area contributed by atoms with E-state index in [2.05, 4.69) is 4.98 Å². The number of nitrogens with one attached hydrogen (secondary N) is 1. The number of benzene rings is 2. The van der Waals surface area contributed by atoms with E-state index in [4.69, 9.17) is 5.73 Å². The van der Waals surface area contributed by atoms with Crippen LogP contribution in [0.5, 0.6) is 0 Å². The highest BCUT2D eigenvalue weighted by Gasteiger charge is 2.19. The first-order chi connectivity index (χ1) is 13.5. The average molecular weight is 375 g/mol. The number of rotatable bonds is 3. The number of nitrogens with two attached hydrogens (primary N) is 1. The summed E-state index contributed by atoms with van der Waals surface area (Å²) in [6.07, 6.45) is 4.64. The number of likely N-dealkylation sites (tertiary alicyclic amines) is 1. The van der Waals surface area contributed by atoms with Crippen LogP contribution in [0.1, 0.15) is 28.8 Å². The lowest BCUT2D eigenvalue weighted by Gasteiger charge is -2.26. The van der Waals surface area contributed by atoms with Gasteiger partial charge in [-0.1, -0.05) is 42.0 Å². The van der Waals surface area contributed by atoms with E-state index in [0.717, 1.165) is 40.5 Å². The molecule has 0 saturated carbocycles. The van der Waals surface area contributed by atoms with Gasteiger partial charge in [0.15, 0.2) is 0 Å². The van der Waals surface area contributed by atoms with E-state index in [-0.39, 0.29) is 0 Å². The van der Waals surface area contributed by atoms with Crippen LogP contribution in [0, 0.1) is 0 Å². The van der Waals surface area contributed by atoms with Crippen molar-refractivity contribution in [1.82, 2.24) is 9.88 Å². The fourth-order valence-corrected chi connectivity index (χ4v) is 3.77. The monoisotopic (exact) mass is 375 g/mol. The number of fused-ring (bicyclic) bond motifs is 1. The van der Waals surface area contributed by atoms with E-state index in [9.17, 15) is 14.7 Å². The predicted molar refractivity (Wildman–Crippen MR) is 109 cm³/mol. The van der Waals surface area contributed by atoms with E-state index in [1.165, 1.54) is 4.90 Å². The maximum absolute atomic E-state index is 12.0. The Kier molecular flexibility index (Phi) is 4.61. The molecule has 0 spiro atoms. The first kappa shape index (κ1) is 17.9. The molecule has 0 radical (unpaired) electrons. The molecule has 2 heterocycles. The molecule has 3 aromatic rings. The number of hydrogen-bond donors (Lipinski definition) is 3. The van der Waals surface area contributed by atoms with Crippen LogP contribution >= 0.6 is 0 Å². The molecule has 6 heteroatoms. The zero-order valence-corrected chi connectivity index (χ0v) is 15.3. The van der Waals surface area contributed by atoms with Crippen LogP contribution in [0.15, 0.2) is 54.2 Å². The molecule has 4 N–H and O–H groups in total. The van der Waals surface area contributed by atoms with Gasteiger partial charge in [0, 0.05) is 24.7 Å². The number of carboxylic acid groups (broad SMARTS) is 1. The minimum absolute atomic E-state index is 0.406. The number of amides is 2. The standard InChI is InChI=1S/C22H21N3O3/c23-21(26)19-11-16(15-6-2-1-3-7-15)10-18-17(12-24-20(18)19)9-14-5-4-8-25(13-14)22(27)28/h1-3,6-7,9-12,24H,4-5,8,13H2,(H2,23,26)(H,27,28). The van der Waals surface area contributed by atoms with E-state index < -0.39 is 12.0 Å². The quantitative estimate of drug-likeness (QED) is 0.643. The van der Waals surface area contributed by atoms with Crippen LogP contribution < -0.4 is 5.73 Å². The molecular formula is C22H21N3O3. The molecule has 2 amide bonds. The lowest BCUT2D eigenvalue weighted by atomic mass is 9.97. The van der Waals surface area contributed by atoms with Gasteiger partial charge in [-0.3, -0.25) is 4.79 Å². The second kappa shape index (κ2) is 7.23. The molecule has 0 atom stereocenters. The van der Waals surface area contributed by atoms with Crippen molar-refractivity contribution in [3.63, 3.8) is 0 Å². The molecule has 6 nitrogen and oxygen atoms in total. The van der Waals surface area contributed by atoms with Gasteiger partial charge in [-0.15, -0.1) is 0 Å². The van der Waals surface area contributed by atoms with Gasteiger partial charge in [0.1, 0.15) is 0 Å². The molecular weight excluding hydrogens is 354 g/mol. The van der Waals surface area contributed by atoms with Crippen LogP contribution in [0.2, 0.25) is 0 Å². The summed E-state index contributed by atoms with van der Waals surface area (Å²) >= 11 is 0. The van der Waals surface area contributed by atoms with Crippen molar-refractivity contribution in [3.8, 4) is 11.1 Å². The summed E-state index contributed by atoms with van der Waals surface area (Å²) in [4.78, 5) is 27.9. The highest BCUT2D eigenvalue weighted by molar-refractivity contribution is 6.08. The Morgan fingerprint density at radius 1 is 1.14 bits per heavy atom. The number of carbonyl (C=O) groups excluding carboxylic acids is 1. The first-order valence-corrected chi connectivity index (χ1v) is 9.20. The van der Waals surface area contributed by atoms with Crippen molar-refractivity contribution in [1.29, 1.82) is 0 Å². The minimum Gasteiger partial charge on any atom is -0.465 e. The highest BCUT2D eigenvalue weighted by atomic mass is 16.4. The summed E-state index contributed by atoms with van der Waals surface area (Å²) in [5.41, 5.74) is 10.7. The van der Waals surface area contributed by atoms with Crippen molar-refractivity contribution in [2.45, 2.75) is 12.8 Å². The van der Waals surface area contributed by atoms with Crippen LogP contribution in [0.3, 0.4) is 0 Å². The fraction of sp³-hybridized carbons (Fsp3) is 0.182. The smallest absolute Gasteiger partial charge is 0.407 e. The van der Waals surface area contributed by atoms with Crippen molar-refractivity contribution < 1.29 is 14.7 Å². The molecule has 1 aromatic heterocycles. The Balaban J connectivity index is 1.82. The van der Waals surface area contributed by atoms with Crippen molar-refractivity contribution >= 4 is 29.0 Å². The average Bonchev–Trinajstić information content (AvgIpc) is 3.10. The molecule has 1 fully saturated rings. The second-order valence-electron chi connectivity index (χ2n) is 7.03. The molecule has 0 aliphatic carbocycles. The SMILES string of the molecule is NC(=O)c1cc(-c2ccccc2)cc2c(C=C3CCCN(C(=O)O)C3)c[nH]c12. The summed E-state index contributed by atoms with van der Waals surface area (Å²) in [5, 5.41) is 10.2. The number of hydrogen-bond acceptors (Lipinski definition) is 2. The Morgan fingerprint density at radius 3 is 2.64 bits per heavy atom. The number of aromatic nitrogens is 1. The third-order valence-electron chi connectivity index (χ3n) is 5.14. The van der Waals surface area contributed by atoms with E-state index in [1.54, 1.807) is 6.07 Å². The predicted octanol–water partition coefficient (Wildman–Crippen LogP) is 4.09. The number of aromatic amines is 1. The number of carbonyl (C=O) groups is 2. The molecule has 4 rings (SSSR count). The van der Waals surface area contributed by atoms with Gasteiger partial charge < -0.3 is 20.7 Å². The summed E-state index contributed by atoms with van der Waals surface area (Å²) in [7, 11) is 0. The van der Waals surface area contributed by atoms with Gasteiger partial charge in [0.05, 0.1) is 11.1 Å². The number of nitrogens with zero attached hydrogens (tertiary/aromatic N) is 1. The zero-order chi connectivity index (χ0) is 19.7. The third-order valence-corrected chi connectivity index (χ3v) is 5.14. The van der Waals surface area contributed by atoms with E-state index >= 15 is 0 Å². The van der Waals surface area contributed by atoms with Crippen LogP contribution in [0.4, 0.5) is 4.79 Å². The van der Waals surface area contributed by atoms with Crippen molar-refractivity contribution in [2.24, 2.45) is 5.73 Å². The third kappa shape index (κ3) is 3.36. The number of primary amides is 1. The lowest BCUT2D eigenvalue weighted by Crippen LogP contribution is -2.35. The maximum atomic E-state index is 12.0. The Hall–Kier alpha value is -3.54. The largest absolute Gasteiger partial charge is 0.465 e. The molecule has 0 unspecified atom stereocenters. The van der Waals surface area contributed by atoms with Gasteiger partial charge in [-0.25, -0.2) is 4.79 Å². The van der Waals surface area contributed by atoms with Gasteiger partial charge in [-0.2, -0.15) is 0 Å². The first-order valence-electron chi connectivity index (χ1n) is 9.20. The number of piperidine rings is 1. The molecule has 142 valence electrons. The second-order valence-corrected chi connectivity index (χ2v) is 7.03. The van der Waals surface area contributed by atoms with Gasteiger partial charge in [0.2, 0.25) is 0 Å². The van der Waals surface area contributed by atoms with E-state index in [0.29, 0.717) is 24.2 Å². The van der Waals surface area contributed by atoms with Crippen LogP contribution in [0.25, 0.3) is 28.1 Å². The molecule has 0 bridgehead atoms. The lowest BCUT2D eigenvalue weighted by molar-refractivity contribution is 0.100. The number of H-pyrrole nitrogens is 1. The Labute approximate surface area is 162 Å². The van der Waals surface area contributed by atoms with Gasteiger partial charge in [-0.05, 0) is 41.7 Å². The topological polar surface area (TPSA) is 99.4 Å². The molecule has 1 aliphatic rings. The summed E-state index contributed by atoms with van der Waals surface area (Å²) in [5.74, 6) is -0.487. The molecule has 1 aliphatic heterocycles. The van der Waals surface area contributed by atoms with Crippen LogP contribution in [-0.4, -0.2) is 40.1 Å². The molecule has 1 saturated heterocycles. The summed E-state index contributed by atoms with van der Waals surface area (Å²) in [6.45, 7) is 0.966. The van der Waals surface area contributed by atoms with Gasteiger partial charge >= 0.3 is 6.09 Å². The van der Waals surface area contributed by atoms with Crippen molar-refractivity contribution in [3.05, 3.63) is 65.4 Å². The Bertz CT molecular complexity index is 1080. The normalized spacial score (nSPS) is 15.9. The molecule has 28 heavy (non-hydrogen) atoms. The highest BCUT2D eigenvalue weighted by Crippen LogP contribution is 2.31. The van der Waals surface area contributed by atoms with E-state index in [1.807, 2.05) is 48.7 Å². The Morgan fingerprint density at radius 2 is 1.93 bits per heavy atom. The molecule has 2 aromatic carbocycles. The fourth-order valence-electron chi connectivity index (χ4n) is 3.77. The van der Waals surface area contributed by atoms with Crippen LogP contribution in [-0.2, 0) is 0 Å². The summed E-state index contributed by atoms with van der Waals surface area (Å²) < 4.78 is 0. The van der Waals surface area contributed by atoms with Gasteiger partial charge in [0.25, 0.3) is 5.91 Å². The maximum Gasteiger partial charge on any atom is 0.407 e. The summed E-state index contributed by atoms with van der Waals surface area (Å²) in [6, 6.07) is 13.7. The van der Waals surface area contributed by atoms with Crippen molar-refractivity contribution in [2.75, 3.05) is 13.1 Å². The zero-order valence-electron chi connectivity index (χ0n) is 15.3.